The smallest absolute Gasteiger partial charge is 0.126 e. The number of piperidine rings is 1. The monoisotopic (exact) mass is 348 g/mol. The van der Waals surface area contributed by atoms with Gasteiger partial charge in [-0.1, -0.05) is 13.8 Å². The molecule has 6 heteroatoms. The van der Waals surface area contributed by atoms with E-state index in [-0.39, 0.29) is 5.82 Å². The van der Waals surface area contributed by atoms with Crippen LogP contribution < -0.4 is 14.9 Å². The summed E-state index contributed by atoms with van der Waals surface area (Å²) in [7, 11) is 0. The minimum Gasteiger partial charge on any atom is -0.370 e. The Labute approximate surface area is 147 Å². The summed E-state index contributed by atoms with van der Waals surface area (Å²) in [6, 6.07) is 4.33. The molecule has 1 aromatic carbocycles. The van der Waals surface area contributed by atoms with Gasteiger partial charge in [-0.15, -0.1) is 0 Å². The van der Waals surface area contributed by atoms with Crippen LogP contribution in [0.15, 0.2) is 22.0 Å². The van der Waals surface area contributed by atoms with Gasteiger partial charge in [0.05, 0.1) is 10.6 Å². The van der Waals surface area contributed by atoms with Crippen LogP contribution >= 0.6 is 11.9 Å². The van der Waals surface area contributed by atoms with Gasteiger partial charge in [-0.25, -0.2) is 9.38 Å². The standard InChI is InChI=1S/C18H25FN4S/c1-11(2)20-14-5-7-23(8-6-14)15-9-13(19)10-16-17(15)21-18(22-24-16)12-3-4-12/h9-12,14,20H,3-8H2,1-2H3,(H,21,22). The average Bonchev–Trinajstić information content (AvgIpc) is 3.39. The summed E-state index contributed by atoms with van der Waals surface area (Å²) in [6.07, 6.45) is 4.61. The number of benzene rings is 1. The van der Waals surface area contributed by atoms with Crippen molar-refractivity contribution < 1.29 is 4.39 Å². The van der Waals surface area contributed by atoms with E-state index in [2.05, 4.69) is 28.8 Å². The average molecular weight is 348 g/mol. The van der Waals surface area contributed by atoms with Crippen LogP contribution in [0.1, 0.15) is 39.5 Å². The maximum Gasteiger partial charge on any atom is 0.126 e. The topological polar surface area (TPSA) is 39.7 Å². The van der Waals surface area contributed by atoms with Crippen molar-refractivity contribution in [1.82, 2.24) is 10.0 Å². The van der Waals surface area contributed by atoms with Crippen LogP contribution in [0.5, 0.6) is 0 Å². The molecule has 0 bridgehead atoms. The molecule has 1 aliphatic carbocycles. The van der Waals surface area contributed by atoms with Crippen LogP contribution in [0.4, 0.5) is 15.8 Å². The second-order valence-electron chi connectivity index (χ2n) is 7.33. The van der Waals surface area contributed by atoms with Gasteiger partial charge < -0.3 is 14.9 Å². The minimum absolute atomic E-state index is 0.175. The van der Waals surface area contributed by atoms with E-state index in [9.17, 15) is 4.39 Å². The number of nitrogens with zero attached hydrogens (tertiary/aromatic N) is 2. The number of aliphatic imine (C=N–C) groups is 1. The lowest BCUT2D eigenvalue weighted by Crippen LogP contribution is -2.44. The SMILES string of the molecule is CC(C)NC1CCN(c2cc(F)cc3c2N=C(C2CC2)NS3)CC1. The summed E-state index contributed by atoms with van der Waals surface area (Å²) in [4.78, 5) is 8.06. The van der Waals surface area contributed by atoms with Crippen molar-refractivity contribution in [3.63, 3.8) is 0 Å². The molecule has 0 unspecified atom stereocenters. The Kier molecular flexibility index (Phi) is 4.43. The van der Waals surface area contributed by atoms with Crippen LogP contribution in [-0.2, 0) is 0 Å². The van der Waals surface area contributed by atoms with E-state index in [1.54, 1.807) is 12.1 Å². The van der Waals surface area contributed by atoms with Crippen molar-refractivity contribution in [2.24, 2.45) is 10.9 Å². The van der Waals surface area contributed by atoms with Gasteiger partial charge in [0, 0.05) is 31.1 Å². The molecule has 4 rings (SSSR count). The van der Waals surface area contributed by atoms with Crippen LogP contribution in [0, 0.1) is 11.7 Å². The summed E-state index contributed by atoms with van der Waals surface area (Å²) < 4.78 is 17.4. The first-order chi connectivity index (χ1) is 11.6. The predicted octanol–water partition coefficient (Wildman–Crippen LogP) is 3.84. The highest BCUT2D eigenvalue weighted by molar-refractivity contribution is 7.98. The Hall–Kier alpha value is -1.27. The van der Waals surface area contributed by atoms with Gasteiger partial charge in [0.1, 0.15) is 17.3 Å². The molecule has 2 fully saturated rings. The van der Waals surface area contributed by atoms with E-state index in [4.69, 9.17) is 4.99 Å². The quantitative estimate of drug-likeness (QED) is 0.811. The number of amidine groups is 1. The summed E-state index contributed by atoms with van der Waals surface area (Å²) in [5.74, 6) is 1.46. The predicted molar refractivity (Wildman–Crippen MR) is 98.7 cm³/mol. The number of hydrogen-bond acceptors (Lipinski definition) is 5. The van der Waals surface area contributed by atoms with Crippen LogP contribution in [0.25, 0.3) is 0 Å². The highest BCUT2D eigenvalue weighted by Crippen LogP contribution is 2.44. The summed E-state index contributed by atoms with van der Waals surface area (Å²) in [5.41, 5.74) is 1.91. The lowest BCUT2D eigenvalue weighted by atomic mass is 10.0. The molecule has 1 saturated carbocycles. The third-order valence-corrected chi connectivity index (χ3v) is 5.73. The molecular formula is C18H25FN4S. The van der Waals surface area contributed by atoms with Gasteiger partial charge in [0.25, 0.3) is 0 Å². The summed E-state index contributed by atoms with van der Waals surface area (Å²) in [6.45, 7) is 6.28. The zero-order valence-electron chi connectivity index (χ0n) is 14.3. The molecule has 3 aliphatic rings. The fourth-order valence-corrected chi connectivity index (χ4v) is 4.38. The van der Waals surface area contributed by atoms with E-state index in [1.165, 1.54) is 24.8 Å². The van der Waals surface area contributed by atoms with Gasteiger partial charge >= 0.3 is 0 Å². The van der Waals surface area contributed by atoms with E-state index in [0.717, 1.165) is 48.0 Å². The molecule has 1 aromatic rings. The Bertz CT molecular complexity index is 649. The van der Waals surface area contributed by atoms with Crippen molar-refractivity contribution in [2.45, 2.75) is 56.5 Å². The van der Waals surface area contributed by atoms with Gasteiger partial charge in [0.2, 0.25) is 0 Å². The van der Waals surface area contributed by atoms with Crippen molar-refractivity contribution in [3.05, 3.63) is 17.9 Å². The van der Waals surface area contributed by atoms with Crippen molar-refractivity contribution in [1.29, 1.82) is 0 Å². The molecular weight excluding hydrogens is 323 g/mol. The highest BCUT2D eigenvalue weighted by atomic mass is 32.2. The molecule has 24 heavy (non-hydrogen) atoms. The number of fused-ring (bicyclic) bond motifs is 1. The normalized spacial score (nSPS) is 21.5. The number of nitrogens with one attached hydrogen (secondary N) is 2. The zero-order chi connectivity index (χ0) is 16.7. The van der Waals surface area contributed by atoms with E-state index >= 15 is 0 Å². The van der Waals surface area contributed by atoms with Crippen molar-refractivity contribution in [3.8, 4) is 0 Å². The van der Waals surface area contributed by atoms with Gasteiger partial charge in [-0.2, -0.15) is 0 Å². The fraction of sp³-hybridized carbons (Fsp3) is 0.611. The third kappa shape index (κ3) is 3.40. The van der Waals surface area contributed by atoms with Crippen LogP contribution in [0.3, 0.4) is 0 Å². The number of halogens is 1. The highest BCUT2D eigenvalue weighted by Gasteiger charge is 2.32. The second-order valence-corrected chi connectivity index (χ2v) is 8.18. The molecule has 0 aromatic heterocycles. The molecule has 1 saturated heterocycles. The molecule has 2 heterocycles. The lowest BCUT2D eigenvalue weighted by Gasteiger charge is -2.36. The van der Waals surface area contributed by atoms with Crippen molar-refractivity contribution in [2.75, 3.05) is 18.0 Å². The zero-order valence-corrected chi connectivity index (χ0v) is 15.1. The molecule has 130 valence electrons. The van der Waals surface area contributed by atoms with E-state index in [1.807, 2.05) is 0 Å². The first-order valence-corrected chi connectivity index (χ1v) is 9.78. The van der Waals surface area contributed by atoms with Gasteiger partial charge in [-0.3, -0.25) is 0 Å². The minimum atomic E-state index is -0.175. The molecule has 0 radical (unpaired) electrons. The molecule has 0 atom stereocenters. The Morgan fingerprint density at radius 1 is 1.25 bits per heavy atom. The molecule has 4 nitrogen and oxygen atoms in total. The van der Waals surface area contributed by atoms with Crippen LogP contribution in [-0.4, -0.2) is 31.0 Å². The van der Waals surface area contributed by atoms with E-state index in [0.29, 0.717) is 18.0 Å². The number of anilines is 1. The molecule has 2 N–H and O–H groups in total. The Morgan fingerprint density at radius 3 is 2.67 bits per heavy atom. The molecule has 0 spiro atoms. The first-order valence-electron chi connectivity index (χ1n) is 8.96. The van der Waals surface area contributed by atoms with Gasteiger partial charge in [0.15, 0.2) is 0 Å². The first kappa shape index (κ1) is 16.2. The Morgan fingerprint density at radius 2 is 2.00 bits per heavy atom. The van der Waals surface area contributed by atoms with Crippen LogP contribution in [0.2, 0.25) is 0 Å². The number of rotatable bonds is 4. The lowest BCUT2D eigenvalue weighted by molar-refractivity contribution is 0.387. The largest absolute Gasteiger partial charge is 0.370 e. The second kappa shape index (κ2) is 6.56. The van der Waals surface area contributed by atoms with Crippen molar-refractivity contribution >= 4 is 29.2 Å². The summed E-state index contributed by atoms with van der Waals surface area (Å²) in [5, 5.41) is 3.62. The third-order valence-electron chi connectivity index (χ3n) is 4.89. The number of hydrogen-bond donors (Lipinski definition) is 2. The van der Waals surface area contributed by atoms with Gasteiger partial charge in [-0.05, 0) is 49.8 Å². The fourth-order valence-electron chi connectivity index (χ4n) is 3.53. The summed E-state index contributed by atoms with van der Waals surface area (Å²) >= 11 is 1.51. The maximum atomic E-state index is 14.1. The maximum absolute atomic E-state index is 14.1. The van der Waals surface area contributed by atoms with E-state index < -0.39 is 0 Å². The Balaban J connectivity index is 1.57. The molecule has 0 amide bonds. The molecule has 2 aliphatic heterocycles.